The average molecular weight is 1350 g/mol. The number of phosphoric ester groups is 2. The standard InChI is InChI=1S/C75H132O16P2/c1-4-7-10-13-16-19-22-24-26-28-30-32-34-36-38-40-42-44-47-49-52-55-58-61-73(78)85-64-70(76)65-87-92(81,82)88-66-71(77)67-89-93(83,84)90-69-72(91-75(80)63-60-57-54-51-46-21-18-15-12-9-6-3)68-86-74(79)62-59-56-53-50-48-45-43-41-39-37-35-33-31-29-27-25-23-20-17-14-11-8-5-2/h16-17,19-20,24-27,30-33,36-39,70-72,76-77H,4-15,18,21-23,28-29,34-35,40-69H2,1-3H3,(H,81,82)(H,83,84)/b19-16-,20-17-,26-24-,27-25-,32-30-,33-31-,38-36-,39-37-. The van der Waals surface area contributed by atoms with Gasteiger partial charge in [-0.15, -0.1) is 0 Å². The number of hydrogen-bond acceptors (Lipinski definition) is 14. The Bertz CT molecular complexity index is 2080. The van der Waals surface area contributed by atoms with Crippen molar-refractivity contribution >= 4 is 33.6 Å². The largest absolute Gasteiger partial charge is 0.472 e. The number of rotatable bonds is 69. The highest BCUT2D eigenvalue weighted by Gasteiger charge is 2.29. The molecule has 4 N–H and O–H groups in total. The van der Waals surface area contributed by atoms with Crippen molar-refractivity contribution in [2.75, 3.05) is 39.6 Å². The van der Waals surface area contributed by atoms with E-state index in [4.69, 9.17) is 32.3 Å². The molecule has 0 fully saturated rings. The first-order valence-corrected chi connectivity index (χ1v) is 39.5. The van der Waals surface area contributed by atoms with Gasteiger partial charge in [0.15, 0.2) is 6.10 Å². The summed E-state index contributed by atoms with van der Waals surface area (Å²) >= 11 is 0. The van der Waals surface area contributed by atoms with E-state index >= 15 is 0 Å². The van der Waals surface area contributed by atoms with Crippen LogP contribution in [-0.2, 0) is 55.8 Å². The van der Waals surface area contributed by atoms with Crippen LogP contribution in [-0.4, -0.2) is 95.9 Å². The van der Waals surface area contributed by atoms with Crippen molar-refractivity contribution in [3.05, 3.63) is 97.2 Å². The number of ether oxygens (including phenoxy) is 3. The Morgan fingerprint density at radius 2 is 0.538 bits per heavy atom. The fourth-order valence-electron chi connectivity index (χ4n) is 9.66. The fraction of sp³-hybridized carbons (Fsp3) is 0.747. The zero-order valence-corrected chi connectivity index (χ0v) is 60.2. The molecule has 0 aliphatic carbocycles. The average Bonchev–Trinajstić information content (AvgIpc) is 2.44. The van der Waals surface area contributed by atoms with Crippen molar-refractivity contribution in [1.82, 2.24) is 0 Å². The molecule has 18 heteroatoms. The van der Waals surface area contributed by atoms with E-state index in [0.29, 0.717) is 19.3 Å². The minimum absolute atomic E-state index is 0.104. The number of aliphatic hydroxyl groups is 2. The molecule has 0 aromatic heterocycles. The number of carbonyl (C=O) groups excluding carboxylic acids is 3. The minimum atomic E-state index is -4.92. The normalized spacial score (nSPS) is 14.7. The Labute approximate surface area is 565 Å². The third-order valence-corrected chi connectivity index (χ3v) is 17.2. The lowest BCUT2D eigenvalue weighted by Crippen LogP contribution is -2.30. The zero-order valence-electron chi connectivity index (χ0n) is 58.4. The van der Waals surface area contributed by atoms with Gasteiger partial charge in [-0.1, -0.05) is 272 Å². The number of hydrogen-bond donors (Lipinski definition) is 4. The van der Waals surface area contributed by atoms with E-state index < -0.39 is 91.5 Å². The maximum absolute atomic E-state index is 12.9. The lowest BCUT2D eigenvalue weighted by atomic mass is 10.1. The molecule has 93 heavy (non-hydrogen) atoms. The quantitative estimate of drug-likeness (QED) is 0.0146. The van der Waals surface area contributed by atoms with Gasteiger partial charge < -0.3 is 34.2 Å². The molecular weight excluding hydrogens is 1220 g/mol. The Morgan fingerprint density at radius 1 is 0.301 bits per heavy atom. The van der Waals surface area contributed by atoms with Crippen LogP contribution in [0.2, 0.25) is 0 Å². The monoisotopic (exact) mass is 1350 g/mol. The summed E-state index contributed by atoms with van der Waals surface area (Å²) in [4.78, 5) is 58.4. The number of phosphoric acid groups is 2. The number of unbranched alkanes of at least 4 members (excludes halogenated alkanes) is 30. The molecule has 0 amide bonds. The van der Waals surface area contributed by atoms with Crippen LogP contribution in [0, 0.1) is 0 Å². The van der Waals surface area contributed by atoms with Crippen LogP contribution in [0.3, 0.4) is 0 Å². The maximum Gasteiger partial charge on any atom is 0.472 e. The van der Waals surface area contributed by atoms with Crippen LogP contribution in [0.4, 0.5) is 0 Å². The van der Waals surface area contributed by atoms with Crippen molar-refractivity contribution in [2.45, 2.75) is 322 Å². The smallest absolute Gasteiger partial charge is 0.463 e. The van der Waals surface area contributed by atoms with E-state index in [-0.39, 0.29) is 19.3 Å². The molecule has 0 saturated heterocycles. The van der Waals surface area contributed by atoms with E-state index in [9.17, 15) is 43.5 Å². The summed E-state index contributed by atoms with van der Waals surface area (Å²) in [5.74, 6) is -1.59. The summed E-state index contributed by atoms with van der Waals surface area (Å²) in [5, 5.41) is 20.6. The van der Waals surface area contributed by atoms with E-state index in [1.54, 1.807) is 0 Å². The van der Waals surface area contributed by atoms with Gasteiger partial charge in [0.2, 0.25) is 0 Å². The van der Waals surface area contributed by atoms with Crippen LogP contribution in [0.5, 0.6) is 0 Å². The van der Waals surface area contributed by atoms with Gasteiger partial charge in [0.25, 0.3) is 0 Å². The van der Waals surface area contributed by atoms with Crippen molar-refractivity contribution in [3.8, 4) is 0 Å². The molecule has 0 aliphatic rings. The van der Waals surface area contributed by atoms with Gasteiger partial charge in [0.05, 0.1) is 26.4 Å². The highest BCUT2D eigenvalue weighted by atomic mass is 31.2. The second kappa shape index (κ2) is 68.4. The second-order valence-corrected chi connectivity index (χ2v) is 27.3. The number of esters is 3. The fourth-order valence-corrected chi connectivity index (χ4v) is 11.2. The molecule has 0 aromatic rings. The van der Waals surface area contributed by atoms with Crippen LogP contribution < -0.4 is 0 Å². The lowest BCUT2D eigenvalue weighted by Gasteiger charge is -2.21. The van der Waals surface area contributed by atoms with Crippen LogP contribution in [0.1, 0.15) is 303 Å². The lowest BCUT2D eigenvalue weighted by molar-refractivity contribution is -0.161. The molecule has 5 atom stereocenters. The molecule has 0 aromatic carbocycles. The number of carbonyl (C=O) groups is 3. The zero-order chi connectivity index (χ0) is 68.1. The molecular formula is C75H132O16P2. The van der Waals surface area contributed by atoms with Gasteiger partial charge in [0.1, 0.15) is 25.4 Å². The first-order chi connectivity index (χ1) is 45.2. The van der Waals surface area contributed by atoms with Crippen LogP contribution in [0.25, 0.3) is 0 Å². The minimum Gasteiger partial charge on any atom is -0.463 e. The third kappa shape index (κ3) is 69.6. The molecule has 16 nitrogen and oxygen atoms in total. The van der Waals surface area contributed by atoms with E-state index in [1.165, 1.54) is 89.9 Å². The third-order valence-electron chi connectivity index (χ3n) is 15.3. The Morgan fingerprint density at radius 3 is 0.871 bits per heavy atom. The van der Waals surface area contributed by atoms with Gasteiger partial charge in [-0.3, -0.25) is 32.5 Å². The van der Waals surface area contributed by atoms with Crippen molar-refractivity contribution in [2.24, 2.45) is 0 Å². The summed E-state index contributed by atoms with van der Waals surface area (Å²) in [5.41, 5.74) is 0. The molecule has 0 spiro atoms. The Balaban J connectivity index is 4.56. The van der Waals surface area contributed by atoms with Crippen LogP contribution >= 0.6 is 15.6 Å². The maximum atomic E-state index is 12.9. The van der Waals surface area contributed by atoms with Crippen molar-refractivity contribution in [3.63, 3.8) is 0 Å². The number of aliphatic hydroxyl groups excluding tert-OH is 2. The molecule has 0 aliphatic heterocycles. The van der Waals surface area contributed by atoms with E-state index in [1.807, 2.05) is 0 Å². The van der Waals surface area contributed by atoms with E-state index in [2.05, 4.69) is 118 Å². The number of allylic oxidation sites excluding steroid dienone is 16. The summed E-state index contributed by atoms with van der Waals surface area (Å²) in [6.45, 7) is 2.60. The summed E-state index contributed by atoms with van der Waals surface area (Å²) < 4.78 is 60.9. The topological polar surface area (TPSA) is 231 Å². The Hall–Kier alpha value is -3.53. The van der Waals surface area contributed by atoms with Crippen molar-refractivity contribution < 1.29 is 75.8 Å². The molecule has 0 heterocycles. The highest BCUT2D eigenvalue weighted by Crippen LogP contribution is 2.45. The van der Waals surface area contributed by atoms with E-state index in [0.717, 1.165) is 154 Å². The molecule has 538 valence electrons. The summed E-state index contributed by atoms with van der Waals surface area (Å²) in [7, 11) is -9.78. The SMILES string of the molecule is CCCCC/C=C\C/C=C\C/C=C\C/C=C\CCCCCCCCCC(=O)OCC(O)COP(=O)(O)OCC(O)COP(=O)(O)OCC(COC(=O)CCCCCCCCC/C=C\C/C=C\C/C=C\C/C=C\CCCCC)OC(=O)CCCCCCCCCCCCC. The van der Waals surface area contributed by atoms with Gasteiger partial charge in [-0.05, 0) is 109 Å². The second-order valence-electron chi connectivity index (χ2n) is 24.4. The molecule has 0 saturated carbocycles. The highest BCUT2D eigenvalue weighted by molar-refractivity contribution is 7.47. The predicted octanol–water partition coefficient (Wildman–Crippen LogP) is 20.6. The predicted molar refractivity (Wildman–Crippen MR) is 381 cm³/mol. The van der Waals surface area contributed by atoms with Gasteiger partial charge >= 0.3 is 33.6 Å². The molecule has 5 unspecified atom stereocenters. The van der Waals surface area contributed by atoms with Gasteiger partial charge in [-0.25, -0.2) is 9.13 Å². The summed E-state index contributed by atoms with van der Waals surface area (Å²) in [6.07, 6.45) is 76.0. The van der Waals surface area contributed by atoms with Crippen LogP contribution in [0.15, 0.2) is 97.2 Å². The first-order valence-electron chi connectivity index (χ1n) is 36.5. The summed E-state index contributed by atoms with van der Waals surface area (Å²) in [6, 6.07) is 0. The molecule has 0 radical (unpaired) electrons. The molecule has 0 rings (SSSR count). The molecule has 0 bridgehead atoms. The Kier molecular flexibility index (Phi) is 65.8. The van der Waals surface area contributed by atoms with Gasteiger partial charge in [-0.2, -0.15) is 0 Å². The van der Waals surface area contributed by atoms with Crippen molar-refractivity contribution in [1.29, 1.82) is 0 Å². The van der Waals surface area contributed by atoms with Gasteiger partial charge in [0, 0.05) is 19.3 Å². The first kappa shape index (κ1) is 89.5.